The molecule has 0 bridgehead atoms. The van der Waals surface area contributed by atoms with Crippen molar-refractivity contribution >= 4 is 28.5 Å². The summed E-state index contributed by atoms with van der Waals surface area (Å²) < 4.78 is 0. The van der Waals surface area contributed by atoms with Crippen LogP contribution >= 0.6 is 0 Å². The Hall–Kier alpha value is -5.95. The molecule has 0 radical (unpaired) electrons. The van der Waals surface area contributed by atoms with Crippen LogP contribution in [0.1, 0.15) is 28.3 Å². The average Bonchev–Trinajstić information content (AvgIpc) is 3.69. The molecule has 0 saturated heterocycles. The number of hydrogen-bond acceptors (Lipinski definition) is 6. The Bertz CT molecular complexity index is 1880. The van der Waals surface area contributed by atoms with Gasteiger partial charge >= 0.3 is 0 Å². The number of nitro groups is 1. The lowest BCUT2D eigenvalue weighted by Gasteiger charge is -2.28. The number of nitrogens with zero attached hydrogens (tertiary/aromatic N) is 5. The summed E-state index contributed by atoms with van der Waals surface area (Å²) in [5.41, 5.74) is 6.28. The van der Waals surface area contributed by atoms with E-state index >= 15 is 0 Å². The van der Waals surface area contributed by atoms with E-state index in [0.29, 0.717) is 17.3 Å². The number of para-hydroxylation sites is 2. The molecule has 2 heterocycles. The van der Waals surface area contributed by atoms with Gasteiger partial charge in [-0.1, -0.05) is 133 Å². The maximum absolute atomic E-state index is 12.3. The highest BCUT2D eigenvalue weighted by Gasteiger charge is 2.41. The van der Waals surface area contributed by atoms with Crippen molar-refractivity contribution in [2.24, 2.45) is 15.0 Å². The van der Waals surface area contributed by atoms with Crippen LogP contribution in [0.4, 0.5) is 11.4 Å². The molecule has 0 amide bonds. The quantitative estimate of drug-likeness (QED) is 0.157. The first-order valence-corrected chi connectivity index (χ1v) is 13.9. The van der Waals surface area contributed by atoms with Crippen LogP contribution in [0.5, 0.6) is 0 Å². The van der Waals surface area contributed by atoms with Gasteiger partial charge in [-0.15, -0.1) is 0 Å². The number of nitro benzene ring substituents is 1. The third kappa shape index (κ3) is 4.83. The predicted molar refractivity (Wildman–Crippen MR) is 171 cm³/mol. The summed E-state index contributed by atoms with van der Waals surface area (Å²) in [6.07, 6.45) is 0. The van der Waals surface area contributed by atoms with Crippen molar-refractivity contribution in [3.05, 3.63) is 190 Å². The fourth-order valence-electron chi connectivity index (χ4n) is 5.52. The molecule has 5 aromatic carbocycles. The maximum Gasteiger partial charge on any atom is 0.292 e. The summed E-state index contributed by atoms with van der Waals surface area (Å²) in [5.74, 6) is 0.837. The zero-order chi connectivity index (χ0) is 29.2. The van der Waals surface area contributed by atoms with E-state index in [-0.39, 0.29) is 10.6 Å². The van der Waals surface area contributed by atoms with Gasteiger partial charge in [-0.2, -0.15) is 0 Å². The Morgan fingerprint density at radius 1 is 0.558 bits per heavy atom. The third-order valence-corrected chi connectivity index (χ3v) is 7.45. The van der Waals surface area contributed by atoms with Gasteiger partial charge in [0, 0.05) is 17.2 Å². The third-order valence-electron chi connectivity index (χ3n) is 7.45. The number of aliphatic imine (C=N–C) groups is 3. The largest absolute Gasteiger partial charge is 0.304 e. The summed E-state index contributed by atoms with van der Waals surface area (Å²) in [6, 6.07) is 46.0. The molecule has 5 aromatic rings. The van der Waals surface area contributed by atoms with Crippen LogP contribution in [0.15, 0.2) is 172 Å². The average molecular weight is 560 g/mol. The Labute approximate surface area is 248 Å². The van der Waals surface area contributed by atoms with E-state index in [1.54, 1.807) is 18.2 Å². The van der Waals surface area contributed by atoms with Crippen LogP contribution in [0, 0.1) is 10.1 Å². The highest BCUT2D eigenvalue weighted by Crippen LogP contribution is 2.45. The first-order valence-electron chi connectivity index (χ1n) is 13.9. The highest BCUT2D eigenvalue weighted by molar-refractivity contribution is 6.55. The molecule has 7 nitrogen and oxygen atoms in total. The standard InChI is InChI=1S/C36H25N5O2/c42-41(43)30-24-14-13-23-29(30)40-34(28-21-11-4-12-22-28)33(27-19-9-3-10-20-27)39-36(40)35-37-31(25-15-5-1-6-16-25)32(38-35)26-17-7-2-8-18-26/h1-24,34H. The van der Waals surface area contributed by atoms with E-state index in [4.69, 9.17) is 15.0 Å². The smallest absolute Gasteiger partial charge is 0.292 e. The first-order chi connectivity index (χ1) is 21.2. The number of benzene rings is 5. The van der Waals surface area contributed by atoms with E-state index < -0.39 is 6.04 Å². The van der Waals surface area contributed by atoms with E-state index in [1.165, 1.54) is 6.07 Å². The summed E-state index contributed by atoms with van der Waals surface area (Å²) in [6.45, 7) is 0. The van der Waals surface area contributed by atoms with Crippen LogP contribution in [0.3, 0.4) is 0 Å². The van der Waals surface area contributed by atoms with Gasteiger partial charge in [-0.25, -0.2) is 15.0 Å². The molecular formula is C36H25N5O2. The van der Waals surface area contributed by atoms with Crippen molar-refractivity contribution in [3.8, 4) is 0 Å². The van der Waals surface area contributed by atoms with Crippen molar-refractivity contribution < 1.29 is 4.92 Å². The molecular weight excluding hydrogens is 534 g/mol. The molecule has 0 saturated carbocycles. The fraction of sp³-hybridized carbons (Fsp3) is 0.0278. The molecule has 1 unspecified atom stereocenters. The second-order valence-electron chi connectivity index (χ2n) is 10.1. The molecule has 7 rings (SSSR count). The van der Waals surface area contributed by atoms with E-state index in [2.05, 4.69) is 0 Å². The number of anilines is 1. The molecule has 1 atom stereocenters. The first kappa shape index (κ1) is 26.0. The van der Waals surface area contributed by atoms with E-state index in [1.807, 2.05) is 126 Å². The second kappa shape index (κ2) is 11.1. The van der Waals surface area contributed by atoms with Crippen LogP contribution in [-0.2, 0) is 0 Å². The summed E-state index contributed by atoms with van der Waals surface area (Å²) >= 11 is 0. The van der Waals surface area contributed by atoms with E-state index in [0.717, 1.165) is 39.4 Å². The minimum Gasteiger partial charge on any atom is -0.304 e. The fourth-order valence-corrected chi connectivity index (χ4v) is 5.52. The van der Waals surface area contributed by atoms with Gasteiger partial charge in [-0.3, -0.25) is 10.1 Å². The van der Waals surface area contributed by atoms with Gasteiger partial charge in [0.1, 0.15) is 11.7 Å². The van der Waals surface area contributed by atoms with Crippen molar-refractivity contribution in [1.82, 2.24) is 0 Å². The van der Waals surface area contributed by atoms with Gasteiger partial charge in [0.15, 0.2) is 11.6 Å². The normalized spacial score (nSPS) is 16.1. The summed E-state index contributed by atoms with van der Waals surface area (Å²) in [7, 11) is 0. The van der Waals surface area contributed by atoms with Crippen molar-refractivity contribution in [2.45, 2.75) is 6.04 Å². The lowest BCUT2D eigenvalue weighted by Crippen LogP contribution is -2.28. The molecule has 0 fully saturated rings. The lowest BCUT2D eigenvalue weighted by molar-refractivity contribution is -0.384. The van der Waals surface area contributed by atoms with Gasteiger partial charge < -0.3 is 4.90 Å². The maximum atomic E-state index is 12.3. The number of rotatable bonds is 6. The van der Waals surface area contributed by atoms with Crippen molar-refractivity contribution in [3.63, 3.8) is 0 Å². The molecule has 2 aliphatic rings. The minimum absolute atomic E-state index is 0.0245. The molecule has 2 aliphatic heterocycles. The monoisotopic (exact) mass is 559 g/mol. The van der Waals surface area contributed by atoms with Crippen molar-refractivity contribution in [1.29, 1.82) is 0 Å². The molecule has 43 heavy (non-hydrogen) atoms. The summed E-state index contributed by atoms with van der Waals surface area (Å²) in [4.78, 5) is 29.3. The molecule has 7 heteroatoms. The van der Waals surface area contributed by atoms with Crippen LogP contribution in [0.2, 0.25) is 0 Å². The Kier molecular flexibility index (Phi) is 6.73. The zero-order valence-corrected chi connectivity index (χ0v) is 23.0. The molecule has 206 valence electrons. The minimum atomic E-state index is -0.460. The van der Waals surface area contributed by atoms with Crippen LogP contribution in [-0.4, -0.2) is 22.1 Å². The molecule has 0 aromatic heterocycles. The Morgan fingerprint density at radius 2 is 1.02 bits per heavy atom. The summed E-state index contributed by atoms with van der Waals surface area (Å²) in [5, 5.41) is 12.3. The second-order valence-corrected chi connectivity index (χ2v) is 10.1. The Morgan fingerprint density at radius 3 is 1.56 bits per heavy atom. The molecule has 0 N–H and O–H groups in total. The van der Waals surface area contributed by atoms with Gasteiger partial charge in [0.05, 0.1) is 22.1 Å². The van der Waals surface area contributed by atoms with Gasteiger partial charge in [-0.05, 0) is 17.2 Å². The topological polar surface area (TPSA) is 83.5 Å². The van der Waals surface area contributed by atoms with Crippen LogP contribution < -0.4 is 4.90 Å². The van der Waals surface area contributed by atoms with Crippen LogP contribution in [0.25, 0.3) is 0 Å². The molecule has 0 aliphatic carbocycles. The van der Waals surface area contributed by atoms with Crippen molar-refractivity contribution in [2.75, 3.05) is 4.90 Å². The Balaban J connectivity index is 1.53. The molecule has 0 spiro atoms. The van der Waals surface area contributed by atoms with E-state index in [9.17, 15) is 10.1 Å². The van der Waals surface area contributed by atoms with Gasteiger partial charge in [0.2, 0.25) is 0 Å². The number of hydrogen-bond donors (Lipinski definition) is 0. The predicted octanol–water partition coefficient (Wildman–Crippen LogP) is 7.76. The highest BCUT2D eigenvalue weighted by atomic mass is 16.6. The SMILES string of the molecule is O=[N+]([O-])c1ccccc1N1C(=C2N=C(c3ccccc3)C(c3ccccc3)=N2)N=C(c2ccccc2)C1c1ccccc1. The zero-order valence-electron chi connectivity index (χ0n) is 23.0. The van der Waals surface area contributed by atoms with Gasteiger partial charge in [0.25, 0.3) is 5.69 Å². The lowest BCUT2D eigenvalue weighted by atomic mass is 9.95.